The Bertz CT molecular complexity index is 690. The first-order valence-corrected chi connectivity index (χ1v) is 9.71. The molecule has 4 rings (SSSR count). The first-order chi connectivity index (χ1) is 12.1. The molecule has 134 valence electrons. The van der Waals surface area contributed by atoms with Gasteiger partial charge >= 0.3 is 0 Å². The molecule has 0 bridgehead atoms. The highest BCUT2D eigenvalue weighted by Crippen LogP contribution is 2.28. The maximum Gasteiger partial charge on any atom is 0.0401 e. The Morgan fingerprint density at radius 2 is 1.28 bits per heavy atom. The SMILES string of the molecule is CC(C)N1CCc2ccccc21.CC(C)N1CCc2ccccc2C1. The Morgan fingerprint density at radius 1 is 0.680 bits per heavy atom. The molecule has 0 saturated heterocycles. The van der Waals surface area contributed by atoms with Crippen LogP contribution in [-0.4, -0.2) is 30.1 Å². The number of hydrogen-bond acceptors (Lipinski definition) is 2. The van der Waals surface area contributed by atoms with Crippen LogP contribution in [0.4, 0.5) is 5.69 Å². The van der Waals surface area contributed by atoms with Gasteiger partial charge in [0, 0.05) is 37.4 Å². The third kappa shape index (κ3) is 4.24. The van der Waals surface area contributed by atoms with Crippen molar-refractivity contribution < 1.29 is 0 Å². The van der Waals surface area contributed by atoms with E-state index in [9.17, 15) is 0 Å². The third-order valence-electron chi connectivity index (χ3n) is 5.44. The zero-order valence-electron chi connectivity index (χ0n) is 16.2. The van der Waals surface area contributed by atoms with E-state index in [0.717, 1.165) is 6.54 Å². The second kappa shape index (κ2) is 8.05. The molecule has 0 spiro atoms. The van der Waals surface area contributed by atoms with Crippen LogP contribution in [0.5, 0.6) is 0 Å². The molecule has 2 aliphatic rings. The molecule has 0 atom stereocenters. The van der Waals surface area contributed by atoms with Crippen molar-refractivity contribution in [3.8, 4) is 0 Å². The summed E-state index contributed by atoms with van der Waals surface area (Å²) >= 11 is 0. The lowest BCUT2D eigenvalue weighted by atomic mass is 9.99. The van der Waals surface area contributed by atoms with Crippen molar-refractivity contribution in [3.63, 3.8) is 0 Å². The van der Waals surface area contributed by atoms with Crippen LogP contribution in [0.2, 0.25) is 0 Å². The van der Waals surface area contributed by atoms with Crippen molar-refractivity contribution in [3.05, 3.63) is 65.2 Å². The van der Waals surface area contributed by atoms with Crippen LogP contribution in [0.1, 0.15) is 44.4 Å². The normalized spacial score (nSPS) is 16.5. The molecule has 0 radical (unpaired) electrons. The van der Waals surface area contributed by atoms with Crippen molar-refractivity contribution >= 4 is 5.69 Å². The highest BCUT2D eigenvalue weighted by molar-refractivity contribution is 5.58. The monoisotopic (exact) mass is 336 g/mol. The Balaban J connectivity index is 0.000000146. The topological polar surface area (TPSA) is 6.48 Å². The number of nitrogens with zero attached hydrogens (tertiary/aromatic N) is 2. The van der Waals surface area contributed by atoms with Crippen LogP contribution in [0.25, 0.3) is 0 Å². The smallest absolute Gasteiger partial charge is 0.0401 e. The molecule has 0 saturated carbocycles. The molecular weight excluding hydrogens is 304 g/mol. The van der Waals surface area contributed by atoms with E-state index in [0.29, 0.717) is 12.1 Å². The van der Waals surface area contributed by atoms with E-state index in [-0.39, 0.29) is 0 Å². The molecule has 0 aliphatic carbocycles. The third-order valence-corrected chi connectivity index (χ3v) is 5.44. The van der Waals surface area contributed by atoms with Crippen LogP contribution in [0.15, 0.2) is 48.5 Å². The summed E-state index contributed by atoms with van der Waals surface area (Å²) in [6, 6.07) is 18.8. The Hall–Kier alpha value is -1.80. The summed E-state index contributed by atoms with van der Waals surface area (Å²) in [5, 5.41) is 0. The van der Waals surface area contributed by atoms with E-state index in [1.165, 1.54) is 42.7 Å². The molecule has 2 nitrogen and oxygen atoms in total. The van der Waals surface area contributed by atoms with Crippen LogP contribution < -0.4 is 4.90 Å². The molecule has 2 aromatic rings. The molecule has 2 heterocycles. The van der Waals surface area contributed by atoms with E-state index in [1.807, 2.05) is 0 Å². The fourth-order valence-corrected chi connectivity index (χ4v) is 3.86. The number of fused-ring (bicyclic) bond motifs is 2. The van der Waals surface area contributed by atoms with E-state index in [1.54, 1.807) is 5.56 Å². The van der Waals surface area contributed by atoms with Gasteiger partial charge in [-0.2, -0.15) is 0 Å². The Morgan fingerprint density at radius 3 is 1.96 bits per heavy atom. The van der Waals surface area contributed by atoms with Gasteiger partial charge in [-0.25, -0.2) is 0 Å². The molecule has 25 heavy (non-hydrogen) atoms. The summed E-state index contributed by atoms with van der Waals surface area (Å²) < 4.78 is 0. The van der Waals surface area contributed by atoms with Gasteiger partial charge < -0.3 is 4.90 Å². The minimum Gasteiger partial charge on any atom is -0.369 e. The van der Waals surface area contributed by atoms with Crippen LogP contribution in [0, 0.1) is 0 Å². The van der Waals surface area contributed by atoms with Gasteiger partial charge in [-0.3, -0.25) is 4.90 Å². The standard InChI is InChI=1S/C12H17N.C11H15N/c1-10(2)13-8-7-11-5-3-4-6-12(11)9-13;1-9(2)12-8-7-10-5-3-4-6-11(10)12/h3-6,10H,7-9H2,1-2H3;3-6,9H,7-8H2,1-2H3. The van der Waals surface area contributed by atoms with Crippen LogP contribution in [-0.2, 0) is 19.4 Å². The summed E-state index contributed by atoms with van der Waals surface area (Å²) in [7, 11) is 0. The van der Waals surface area contributed by atoms with E-state index in [4.69, 9.17) is 0 Å². The predicted octanol–water partition coefficient (Wildman–Crippen LogP) is 4.91. The molecule has 2 aliphatic heterocycles. The highest BCUT2D eigenvalue weighted by atomic mass is 15.2. The maximum absolute atomic E-state index is 2.53. The lowest BCUT2D eigenvalue weighted by molar-refractivity contribution is 0.203. The second-order valence-corrected chi connectivity index (χ2v) is 7.75. The number of benzene rings is 2. The average molecular weight is 337 g/mol. The largest absolute Gasteiger partial charge is 0.369 e. The molecule has 0 N–H and O–H groups in total. The number of rotatable bonds is 2. The van der Waals surface area contributed by atoms with Crippen LogP contribution >= 0.6 is 0 Å². The van der Waals surface area contributed by atoms with Crippen molar-refractivity contribution in [2.75, 3.05) is 18.0 Å². The molecule has 0 unspecified atom stereocenters. The van der Waals surface area contributed by atoms with E-state index in [2.05, 4.69) is 86.0 Å². The van der Waals surface area contributed by atoms with Gasteiger partial charge in [-0.05, 0) is 63.3 Å². The first kappa shape index (κ1) is 18.0. The molecule has 2 heteroatoms. The van der Waals surface area contributed by atoms with Gasteiger partial charge in [-0.1, -0.05) is 42.5 Å². The number of para-hydroxylation sites is 1. The van der Waals surface area contributed by atoms with E-state index < -0.39 is 0 Å². The molecular formula is C23H32N2. The fourth-order valence-electron chi connectivity index (χ4n) is 3.86. The van der Waals surface area contributed by atoms with Gasteiger partial charge in [0.15, 0.2) is 0 Å². The first-order valence-electron chi connectivity index (χ1n) is 9.71. The lowest BCUT2D eigenvalue weighted by Crippen LogP contribution is -2.35. The van der Waals surface area contributed by atoms with E-state index >= 15 is 0 Å². The zero-order valence-corrected chi connectivity index (χ0v) is 16.2. The number of anilines is 1. The Kier molecular flexibility index (Phi) is 5.80. The fraction of sp³-hybridized carbons (Fsp3) is 0.478. The summed E-state index contributed by atoms with van der Waals surface area (Å²) in [4.78, 5) is 5.00. The molecule has 0 aromatic heterocycles. The summed E-state index contributed by atoms with van der Waals surface area (Å²) in [6.07, 6.45) is 2.43. The molecule has 0 amide bonds. The molecule has 0 fully saturated rings. The van der Waals surface area contributed by atoms with Crippen molar-refractivity contribution in [2.24, 2.45) is 0 Å². The minimum absolute atomic E-state index is 0.633. The van der Waals surface area contributed by atoms with Crippen LogP contribution in [0.3, 0.4) is 0 Å². The molecule has 2 aromatic carbocycles. The maximum atomic E-state index is 2.53. The summed E-state index contributed by atoms with van der Waals surface area (Å²) in [5.41, 5.74) is 6.00. The Labute approximate surface area is 153 Å². The van der Waals surface area contributed by atoms with Crippen molar-refractivity contribution in [1.82, 2.24) is 4.90 Å². The van der Waals surface area contributed by atoms with Gasteiger partial charge in [0.1, 0.15) is 0 Å². The quantitative estimate of drug-likeness (QED) is 0.769. The predicted molar refractivity (Wildman–Crippen MR) is 108 cm³/mol. The van der Waals surface area contributed by atoms with Gasteiger partial charge in [-0.15, -0.1) is 0 Å². The van der Waals surface area contributed by atoms with Crippen molar-refractivity contribution in [2.45, 2.75) is 59.2 Å². The summed E-state index contributed by atoms with van der Waals surface area (Å²) in [6.45, 7) is 12.6. The van der Waals surface area contributed by atoms with Gasteiger partial charge in [0.2, 0.25) is 0 Å². The van der Waals surface area contributed by atoms with Gasteiger partial charge in [0.05, 0.1) is 0 Å². The van der Waals surface area contributed by atoms with Crippen molar-refractivity contribution in [1.29, 1.82) is 0 Å². The average Bonchev–Trinajstić information content (AvgIpc) is 3.06. The lowest BCUT2D eigenvalue weighted by Gasteiger charge is -2.31. The minimum atomic E-state index is 0.633. The summed E-state index contributed by atoms with van der Waals surface area (Å²) in [5.74, 6) is 0. The second-order valence-electron chi connectivity index (χ2n) is 7.75. The highest BCUT2D eigenvalue weighted by Gasteiger charge is 2.19. The van der Waals surface area contributed by atoms with Gasteiger partial charge in [0.25, 0.3) is 0 Å². The zero-order chi connectivity index (χ0) is 17.8. The number of hydrogen-bond donors (Lipinski definition) is 0.